The number of hydrogen-bond donors (Lipinski definition) is 1. The molecule has 0 radical (unpaired) electrons. The van der Waals surface area contributed by atoms with Crippen molar-refractivity contribution in [2.75, 3.05) is 12.4 Å². The summed E-state index contributed by atoms with van der Waals surface area (Å²) >= 11 is 0. The third-order valence-electron chi connectivity index (χ3n) is 4.09. The third kappa shape index (κ3) is 3.86. The molecule has 3 rings (SSSR count). The molecular formula is C21H20N2O2. The molecule has 0 amide bonds. The van der Waals surface area contributed by atoms with Crippen molar-refractivity contribution in [1.82, 2.24) is 4.98 Å². The number of nitrogens with zero attached hydrogens (tertiary/aromatic N) is 1. The molecule has 25 heavy (non-hydrogen) atoms. The van der Waals surface area contributed by atoms with Crippen molar-refractivity contribution >= 4 is 11.8 Å². The SMILES string of the molecule is COC(=O)c1ccc(C(Nc2ncccc2C)c2ccccc2)cc1. The Morgan fingerprint density at radius 3 is 2.28 bits per heavy atom. The third-order valence-corrected chi connectivity index (χ3v) is 4.09. The number of carbonyl (C=O) groups excluding carboxylic acids is 1. The van der Waals surface area contributed by atoms with Crippen LogP contribution in [-0.2, 0) is 4.74 Å². The maximum atomic E-state index is 11.7. The highest BCUT2D eigenvalue weighted by molar-refractivity contribution is 5.89. The van der Waals surface area contributed by atoms with E-state index in [1.165, 1.54) is 7.11 Å². The van der Waals surface area contributed by atoms with Crippen LogP contribution in [-0.4, -0.2) is 18.1 Å². The molecule has 2 aromatic carbocycles. The van der Waals surface area contributed by atoms with Gasteiger partial charge in [0.25, 0.3) is 0 Å². The average molecular weight is 332 g/mol. The minimum atomic E-state index is -0.337. The van der Waals surface area contributed by atoms with E-state index >= 15 is 0 Å². The van der Waals surface area contributed by atoms with Gasteiger partial charge in [0.05, 0.1) is 18.7 Å². The molecule has 0 bridgehead atoms. The standard InChI is InChI=1S/C21H20N2O2/c1-15-7-6-14-22-20(15)23-19(16-8-4-3-5-9-16)17-10-12-18(13-11-17)21(24)25-2/h3-14,19H,1-2H3,(H,22,23). The van der Waals surface area contributed by atoms with E-state index in [1.807, 2.05) is 49.4 Å². The van der Waals surface area contributed by atoms with Gasteiger partial charge >= 0.3 is 5.97 Å². The van der Waals surface area contributed by atoms with E-state index in [0.29, 0.717) is 5.56 Å². The molecule has 0 fully saturated rings. The lowest BCUT2D eigenvalue weighted by molar-refractivity contribution is 0.0600. The topological polar surface area (TPSA) is 51.2 Å². The maximum Gasteiger partial charge on any atom is 0.337 e. The number of benzene rings is 2. The first-order chi connectivity index (χ1) is 12.2. The second kappa shape index (κ2) is 7.62. The van der Waals surface area contributed by atoms with E-state index in [2.05, 4.69) is 22.4 Å². The van der Waals surface area contributed by atoms with E-state index in [9.17, 15) is 4.79 Å². The molecule has 0 saturated carbocycles. The van der Waals surface area contributed by atoms with Gasteiger partial charge in [-0.05, 0) is 41.8 Å². The first kappa shape index (κ1) is 16.7. The van der Waals surface area contributed by atoms with Crippen LogP contribution >= 0.6 is 0 Å². The van der Waals surface area contributed by atoms with Gasteiger partial charge in [0, 0.05) is 6.20 Å². The van der Waals surface area contributed by atoms with Crippen molar-refractivity contribution < 1.29 is 9.53 Å². The largest absolute Gasteiger partial charge is 0.465 e. The molecule has 3 aromatic rings. The van der Waals surface area contributed by atoms with Gasteiger partial charge < -0.3 is 10.1 Å². The van der Waals surface area contributed by atoms with Crippen LogP contribution in [0.2, 0.25) is 0 Å². The van der Waals surface area contributed by atoms with Crippen LogP contribution in [0, 0.1) is 6.92 Å². The molecule has 1 heterocycles. The van der Waals surface area contributed by atoms with E-state index in [4.69, 9.17) is 4.74 Å². The quantitative estimate of drug-likeness (QED) is 0.705. The molecule has 1 atom stereocenters. The Hall–Kier alpha value is -3.14. The number of esters is 1. The zero-order valence-electron chi connectivity index (χ0n) is 14.3. The normalized spacial score (nSPS) is 11.6. The van der Waals surface area contributed by atoms with Crippen molar-refractivity contribution in [2.24, 2.45) is 0 Å². The predicted octanol–water partition coefficient (Wildman–Crippen LogP) is 4.38. The molecule has 1 N–H and O–H groups in total. The Balaban J connectivity index is 1.97. The fourth-order valence-corrected chi connectivity index (χ4v) is 2.71. The van der Waals surface area contributed by atoms with Gasteiger partial charge in [-0.15, -0.1) is 0 Å². The first-order valence-electron chi connectivity index (χ1n) is 8.10. The smallest absolute Gasteiger partial charge is 0.337 e. The number of nitrogens with one attached hydrogen (secondary N) is 1. The van der Waals surface area contributed by atoms with Gasteiger partial charge in [-0.25, -0.2) is 9.78 Å². The fourth-order valence-electron chi connectivity index (χ4n) is 2.71. The van der Waals surface area contributed by atoms with E-state index in [0.717, 1.165) is 22.5 Å². The second-order valence-corrected chi connectivity index (χ2v) is 5.77. The summed E-state index contributed by atoms with van der Waals surface area (Å²) in [6, 6.07) is 21.5. The number of rotatable bonds is 5. The number of aryl methyl sites for hydroxylation is 1. The summed E-state index contributed by atoms with van der Waals surface area (Å²) < 4.78 is 4.77. The fraction of sp³-hybridized carbons (Fsp3) is 0.143. The Morgan fingerprint density at radius 2 is 1.64 bits per heavy atom. The Morgan fingerprint density at radius 1 is 0.960 bits per heavy atom. The zero-order valence-corrected chi connectivity index (χ0v) is 14.3. The van der Waals surface area contributed by atoms with Gasteiger partial charge in [0.2, 0.25) is 0 Å². The molecule has 0 saturated heterocycles. The van der Waals surface area contributed by atoms with Crippen LogP contribution in [0.1, 0.15) is 33.1 Å². The summed E-state index contributed by atoms with van der Waals surface area (Å²) in [6.07, 6.45) is 1.78. The monoisotopic (exact) mass is 332 g/mol. The lowest BCUT2D eigenvalue weighted by Crippen LogP contribution is -2.14. The van der Waals surface area contributed by atoms with E-state index < -0.39 is 0 Å². The molecule has 1 aromatic heterocycles. The molecular weight excluding hydrogens is 312 g/mol. The molecule has 0 aliphatic rings. The number of anilines is 1. The highest BCUT2D eigenvalue weighted by Crippen LogP contribution is 2.27. The summed E-state index contributed by atoms with van der Waals surface area (Å²) in [5, 5.41) is 3.52. The number of ether oxygens (including phenoxy) is 1. The van der Waals surface area contributed by atoms with Crippen LogP contribution in [0.4, 0.5) is 5.82 Å². The van der Waals surface area contributed by atoms with Crippen molar-refractivity contribution in [2.45, 2.75) is 13.0 Å². The minimum Gasteiger partial charge on any atom is -0.465 e. The Labute approximate surface area is 147 Å². The molecule has 0 aliphatic carbocycles. The van der Waals surface area contributed by atoms with E-state index in [1.54, 1.807) is 18.3 Å². The van der Waals surface area contributed by atoms with Gasteiger partial charge in [0.15, 0.2) is 0 Å². The average Bonchev–Trinajstić information content (AvgIpc) is 2.67. The molecule has 4 heteroatoms. The van der Waals surface area contributed by atoms with Gasteiger partial charge in [-0.1, -0.05) is 48.5 Å². The number of methoxy groups -OCH3 is 1. The molecule has 0 spiro atoms. The lowest BCUT2D eigenvalue weighted by Gasteiger charge is -2.21. The molecule has 126 valence electrons. The van der Waals surface area contributed by atoms with Crippen LogP contribution < -0.4 is 5.32 Å². The van der Waals surface area contributed by atoms with Crippen LogP contribution in [0.15, 0.2) is 72.9 Å². The highest BCUT2D eigenvalue weighted by atomic mass is 16.5. The number of hydrogen-bond acceptors (Lipinski definition) is 4. The van der Waals surface area contributed by atoms with Gasteiger partial charge in [-0.2, -0.15) is 0 Å². The molecule has 4 nitrogen and oxygen atoms in total. The van der Waals surface area contributed by atoms with Gasteiger partial charge in [-0.3, -0.25) is 0 Å². The van der Waals surface area contributed by atoms with Crippen molar-refractivity contribution in [3.05, 3.63) is 95.2 Å². The van der Waals surface area contributed by atoms with Crippen molar-refractivity contribution in [3.63, 3.8) is 0 Å². The summed E-state index contributed by atoms with van der Waals surface area (Å²) in [5.41, 5.74) is 3.78. The second-order valence-electron chi connectivity index (χ2n) is 5.77. The molecule has 1 unspecified atom stereocenters. The summed E-state index contributed by atoms with van der Waals surface area (Å²) in [6.45, 7) is 2.03. The zero-order chi connectivity index (χ0) is 17.6. The Kier molecular flexibility index (Phi) is 5.09. The maximum absolute atomic E-state index is 11.7. The van der Waals surface area contributed by atoms with Gasteiger partial charge in [0.1, 0.15) is 5.82 Å². The van der Waals surface area contributed by atoms with Crippen LogP contribution in [0.3, 0.4) is 0 Å². The first-order valence-corrected chi connectivity index (χ1v) is 8.10. The van der Waals surface area contributed by atoms with Crippen LogP contribution in [0.5, 0.6) is 0 Å². The predicted molar refractivity (Wildman–Crippen MR) is 98.7 cm³/mol. The highest BCUT2D eigenvalue weighted by Gasteiger charge is 2.16. The van der Waals surface area contributed by atoms with Crippen molar-refractivity contribution in [3.8, 4) is 0 Å². The number of carbonyl (C=O) groups is 1. The molecule has 0 aliphatic heterocycles. The number of pyridine rings is 1. The lowest BCUT2D eigenvalue weighted by atomic mass is 9.97. The van der Waals surface area contributed by atoms with Crippen molar-refractivity contribution in [1.29, 1.82) is 0 Å². The summed E-state index contributed by atoms with van der Waals surface area (Å²) in [7, 11) is 1.38. The summed E-state index contributed by atoms with van der Waals surface area (Å²) in [4.78, 5) is 16.1. The van der Waals surface area contributed by atoms with E-state index in [-0.39, 0.29) is 12.0 Å². The summed E-state index contributed by atoms with van der Waals surface area (Å²) in [5.74, 6) is 0.504. The Bertz CT molecular complexity index is 845. The van der Waals surface area contributed by atoms with Crippen LogP contribution in [0.25, 0.3) is 0 Å². The number of aromatic nitrogens is 1. The minimum absolute atomic E-state index is 0.0681.